The second-order valence-electron chi connectivity index (χ2n) is 6.66. The Morgan fingerprint density at radius 1 is 1.27 bits per heavy atom. The summed E-state index contributed by atoms with van der Waals surface area (Å²) in [6.07, 6.45) is -0.235. The standard InChI is InChI=1S/C17H25NO4/c1-17(2,3)22-16(20)18-10-9-14(15(19)11-18)12-5-7-13(21-4)8-6-12/h5-8,14-15,19H,9-11H2,1-4H3/t14-,15+/m0/s1. The maximum atomic E-state index is 12.1. The molecule has 22 heavy (non-hydrogen) atoms. The number of hydrogen-bond acceptors (Lipinski definition) is 4. The lowest BCUT2D eigenvalue weighted by Crippen LogP contribution is -2.47. The van der Waals surface area contributed by atoms with Crippen LogP contribution in [-0.4, -0.2) is 48.0 Å². The smallest absolute Gasteiger partial charge is 0.410 e. The normalized spacial score (nSPS) is 22.3. The Labute approximate surface area is 131 Å². The van der Waals surface area contributed by atoms with Gasteiger partial charge in [0.25, 0.3) is 0 Å². The van der Waals surface area contributed by atoms with Crippen molar-refractivity contribution in [3.63, 3.8) is 0 Å². The van der Waals surface area contributed by atoms with Crippen molar-refractivity contribution in [3.8, 4) is 5.75 Å². The van der Waals surface area contributed by atoms with Crippen molar-refractivity contribution >= 4 is 6.09 Å². The molecular formula is C17H25NO4. The molecule has 1 aliphatic heterocycles. The minimum atomic E-state index is -0.588. The molecule has 1 aromatic carbocycles. The second kappa shape index (κ2) is 6.57. The predicted molar refractivity (Wildman–Crippen MR) is 84.2 cm³/mol. The highest BCUT2D eigenvalue weighted by molar-refractivity contribution is 5.68. The fraction of sp³-hybridized carbons (Fsp3) is 0.588. The van der Waals surface area contributed by atoms with Crippen molar-refractivity contribution in [3.05, 3.63) is 29.8 Å². The van der Waals surface area contributed by atoms with Crippen LogP contribution in [0.1, 0.15) is 38.7 Å². The van der Waals surface area contributed by atoms with Gasteiger partial charge in [0.2, 0.25) is 0 Å². The number of carbonyl (C=O) groups is 1. The first-order chi connectivity index (χ1) is 10.3. The van der Waals surface area contributed by atoms with Gasteiger partial charge in [-0.1, -0.05) is 12.1 Å². The minimum Gasteiger partial charge on any atom is -0.497 e. The van der Waals surface area contributed by atoms with Crippen LogP contribution in [0.5, 0.6) is 5.75 Å². The molecule has 1 amide bonds. The maximum absolute atomic E-state index is 12.1. The molecule has 1 heterocycles. The highest BCUT2D eigenvalue weighted by Crippen LogP contribution is 2.30. The van der Waals surface area contributed by atoms with Gasteiger partial charge in [-0.15, -0.1) is 0 Å². The van der Waals surface area contributed by atoms with E-state index >= 15 is 0 Å². The summed E-state index contributed by atoms with van der Waals surface area (Å²) in [7, 11) is 1.63. The summed E-state index contributed by atoms with van der Waals surface area (Å²) in [5.41, 5.74) is 0.548. The molecule has 0 aliphatic carbocycles. The van der Waals surface area contributed by atoms with Crippen LogP contribution in [0.25, 0.3) is 0 Å². The molecule has 2 rings (SSSR count). The van der Waals surface area contributed by atoms with Gasteiger partial charge in [-0.05, 0) is 44.9 Å². The van der Waals surface area contributed by atoms with Crippen LogP contribution in [0.2, 0.25) is 0 Å². The lowest BCUT2D eigenvalue weighted by atomic mass is 9.87. The molecule has 1 saturated heterocycles. The Hall–Kier alpha value is -1.75. The van der Waals surface area contributed by atoms with Gasteiger partial charge in [-0.3, -0.25) is 0 Å². The lowest BCUT2D eigenvalue weighted by Gasteiger charge is -2.36. The number of amides is 1. The predicted octanol–water partition coefficient (Wildman–Crippen LogP) is 2.78. The SMILES string of the molecule is COc1ccc([C@@H]2CCN(C(=O)OC(C)(C)C)C[C@H]2O)cc1. The summed E-state index contributed by atoms with van der Waals surface area (Å²) in [4.78, 5) is 13.6. The number of likely N-dealkylation sites (tertiary alicyclic amines) is 1. The maximum Gasteiger partial charge on any atom is 0.410 e. The average molecular weight is 307 g/mol. The summed E-state index contributed by atoms with van der Waals surface area (Å²) in [5, 5.41) is 10.4. The molecule has 0 spiro atoms. The largest absolute Gasteiger partial charge is 0.497 e. The zero-order chi connectivity index (χ0) is 16.3. The van der Waals surface area contributed by atoms with Crippen molar-refractivity contribution in [1.82, 2.24) is 4.90 Å². The Kier molecular flexibility index (Phi) is 4.96. The Morgan fingerprint density at radius 2 is 1.91 bits per heavy atom. The molecule has 1 fully saturated rings. The third-order valence-electron chi connectivity index (χ3n) is 3.78. The highest BCUT2D eigenvalue weighted by atomic mass is 16.6. The zero-order valence-corrected chi connectivity index (χ0v) is 13.7. The van der Waals surface area contributed by atoms with E-state index in [9.17, 15) is 9.90 Å². The van der Waals surface area contributed by atoms with E-state index < -0.39 is 11.7 Å². The molecule has 5 nitrogen and oxygen atoms in total. The van der Waals surface area contributed by atoms with E-state index in [1.807, 2.05) is 45.0 Å². The first kappa shape index (κ1) is 16.6. The lowest BCUT2D eigenvalue weighted by molar-refractivity contribution is -0.00152. The Balaban J connectivity index is 1.98. The van der Waals surface area contributed by atoms with Crippen LogP contribution in [0.3, 0.4) is 0 Å². The summed E-state index contributed by atoms with van der Waals surface area (Å²) in [5.74, 6) is 0.828. The van der Waals surface area contributed by atoms with E-state index in [2.05, 4.69) is 0 Å². The summed E-state index contributed by atoms with van der Waals surface area (Å²) >= 11 is 0. The van der Waals surface area contributed by atoms with E-state index in [4.69, 9.17) is 9.47 Å². The fourth-order valence-electron chi connectivity index (χ4n) is 2.66. The van der Waals surface area contributed by atoms with Gasteiger partial charge in [0.15, 0.2) is 0 Å². The molecule has 0 aromatic heterocycles. The molecule has 1 aromatic rings. The zero-order valence-electron chi connectivity index (χ0n) is 13.7. The first-order valence-corrected chi connectivity index (χ1v) is 7.60. The molecular weight excluding hydrogens is 282 g/mol. The number of hydrogen-bond donors (Lipinski definition) is 1. The fourth-order valence-corrected chi connectivity index (χ4v) is 2.66. The van der Waals surface area contributed by atoms with E-state index in [1.54, 1.807) is 12.0 Å². The van der Waals surface area contributed by atoms with Gasteiger partial charge in [0, 0.05) is 12.5 Å². The molecule has 5 heteroatoms. The van der Waals surface area contributed by atoms with Crippen molar-refractivity contribution in [2.24, 2.45) is 0 Å². The number of β-amino-alcohol motifs (C(OH)–C–C–N with tert-alkyl or cyclic N) is 1. The van der Waals surface area contributed by atoms with E-state index in [0.29, 0.717) is 19.5 Å². The van der Waals surface area contributed by atoms with Gasteiger partial charge in [0.05, 0.1) is 19.8 Å². The van der Waals surface area contributed by atoms with Gasteiger partial charge in [-0.25, -0.2) is 4.79 Å². The van der Waals surface area contributed by atoms with Crippen molar-refractivity contribution in [1.29, 1.82) is 0 Å². The number of piperidine rings is 1. The van der Waals surface area contributed by atoms with E-state index in [0.717, 1.165) is 11.3 Å². The van der Waals surface area contributed by atoms with Crippen LogP contribution in [0, 0.1) is 0 Å². The number of aliphatic hydroxyl groups is 1. The number of aliphatic hydroxyl groups excluding tert-OH is 1. The molecule has 0 unspecified atom stereocenters. The number of benzene rings is 1. The van der Waals surface area contributed by atoms with Crippen LogP contribution < -0.4 is 4.74 Å². The van der Waals surface area contributed by atoms with Crippen LogP contribution in [-0.2, 0) is 4.74 Å². The monoisotopic (exact) mass is 307 g/mol. The number of carbonyl (C=O) groups excluding carboxylic acids is 1. The van der Waals surface area contributed by atoms with Crippen molar-refractivity contribution in [2.75, 3.05) is 20.2 Å². The Morgan fingerprint density at radius 3 is 2.41 bits per heavy atom. The van der Waals surface area contributed by atoms with E-state index in [1.165, 1.54) is 0 Å². The van der Waals surface area contributed by atoms with Crippen LogP contribution >= 0.6 is 0 Å². The first-order valence-electron chi connectivity index (χ1n) is 7.60. The summed E-state index contributed by atoms with van der Waals surface area (Å²) in [6.45, 7) is 6.40. The third kappa shape index (κ3) is 4.13. The third-order valence-corrected chi connectivity index (χ3v) is 3.78. The van der Waals surface area contributed by atoms with Crippen molar-refractivity contribution in [2.45, 2.75) is 44.8 Å². The van der Waals surface area contributed by atoms with E-state index in [-0.39, 0.29) is 12.0 Å². The topological polar surface area (TPSA) is 59.0 Å². The average Bonchev–Trinajstić information content (AvgIpc) is 2.45. The van der Waals surface area contributed by atoms with Crippen LogP contribution in [0.15, 0.2) is 24.3 Å². The molecule has 0 bridgehead atoms. The number of rotatable bonds is 2. The molecule has 1 N–H and O–H groups in total. The highest BCUT2D eigenvalue weighted by Gasteiger charge is 2.33. The van der Waals surface area contributed by atoms with Crippen LogP contribution in [0.4, 0.5) is 4.79 Å². The quantitative estimate of drug-likeness (QED) is 0.913. The van der Waals surface area contributed by atoms with Gasteiger partial charge < -0.3 is 19.5 Å². The molecule has 0 saturated carbocycles. The summed E-state index contributed by atoms with van der Waals surface area (Å²) < 4.78 is 10.5. The van der Waals surface area contributed by atoms with Gasteiger partial charge in [0.1, 0.15) is 11.4 Å². The minimum absolute atomic E-state index is 0.0320. The van der Waals surface area contributed by atoms with Gasteiger partial charge >= 0.3 is 6.09 Å². The molecule has 2 atom stereocenters. The molecule has 1 aliphatic rings. The summed E-state index contributed by atoms with van der Waals surface area (Å²) in [6, 6.07) is 7.72. The second-order valence-corrected chi connectivity index (χ2v) is 6.66. The number of ether oxygens (including phenoxy) is 2. The van der Waals surface area contributed by atoms with Gasteiger partial charge in [-0.2, -0.15) is 0 Å². The molecule has 122 valence electrons. The molecule has 0 radical (unpaired) electrons. The van der Waals surface area contributed by atoms with Crippen molar-refractivity contribution < 1.29 is 19.4 Å². The number of nitrogens with zero attached hydrogens (tertiary/aromatic N) is 1. The Bertz CT molecular complexity index is 506. The number of methoxy groups -OCH3 is 1.